The van der Waals surface area contributed by atoms with Crippen LogP contribution in [0.25, 0.3) is 41.7 Å². The fourth-order valence-corrected chi connectivity index (χ4v) is 5.68. The van der Waals surface area contributed by atoms with Crippen LogP contribution in [-0.2, 0) is 9.31 Å². The van der Waals surface area contributed by atoms with E-state index < -0.39 is 0 Å². The van der Waals surface area contributed by atoms with E-state index in [1.165, 1.54) is 41.7 Å². The maximum Gasteiger partial charge on any atom is 0.494 e. The second kappa shape index (κ2) is 5.26. The fraction of sp³-hybridized carbons (Fsp3) is 0.250. The van der Waals surface area contributed by atoms with Gasteiger partial charge in [-0.15, -0.1) is 11.3 Å². The van der Waals surface area contributed by atoms with Crippen molar-refractivity contribution in [2.24, 2.45) is 0 Å². The van der Waals surface area contributed by atoms with Crippen molar-refractivity contribution in [1.29, 1.82) is 0 Å². The molecule has 2 nitrogen and oxygen atoms in total. The van der Waals surface area contributed by atoms with Crippen LogP contribution < -0.4 is 5.46 Å². The van der Waals surface area contributed by atoms with Gasteiger partial charge in [0.15, 0.2) is 0 Å². The lowest BCUT2D eigenvalue weighted by atomic mass is 9.77. The lowest BCUT2D eigenvalue weighted by molar-refractivity contribution is 0.00578. The maximum atomic E-state index is 6.36. The van der Waals surface area contributed by atoms with Crippen molar-refractivity contribution < 1.29 is 9.31 Å². The van der Waals surface area contributed by atoms with Gasteiger partial charge in [-0.3, -0.25) is 0 Å². The van der Waals surface area contributed by atoms with Gasteiger partial charge >= 0.3 is 7.12 Å². The first kappa shape index (κ1) is 16.8. The highest BCUT2D eigenvalue weighted by molar-refractivity contribution is 7.26. The van der Waals surface area contributed by atoms with Gasteiger partial charge in [0, 0.05) is 20.2 Å². The van der Waals surface area contributed by atoms with Crippen molar-refractivity contribution in [2.75, 3.05) is 0 Å². The third-order valence-electron chi connectivity index (χ3n) is 6.65. The van der Waals surface area contributed by atoms with Gasteiger partial charge in [0.1, 0.15) is 0 Å². The Morgan fingerprint density at radius 2 is 1.29 bits per heavy atom. The first-order chi connectivity index (χ1) is 13.4. The Hall–Kier alpha value is -2.14. The smallest absolute Gasteiger partial charge is 0.399 e. The molecule has 0 spiro atoms. The molecule has 1 saturated heterocycles. The minimum atomic E-state index is -0.343. The highest BCUT2D eigenvalue weighted by atomic mass is 32.1. The van der Waals surface area contributed by atoms with Gasteiger partial charge in [-0.05, 0) is 66.8 Å². The van der Waals surface area contributed by atoms with E-state index in [1.54, 1.807) is 0 Å². The molecule has 0 atom stereocenters. The third-order valence-corrected chi connectivity index (χ3v) is 7.76. The van der Waals surface area contributed by atoms with Crippen LogP contribution in [0.2, 0.25) is 0 Å². The highest BCUT2D eigenvalue weighted by Gasteiger charge is 2.51. The molecule has 1 aliphatic rings. The number of benzene rings is 4. The second-order valence-electron chi connectivity index (χ2n) is 8.86. The second-order valence-corrected chi connectivity index (χ2v) is 9.94. The van der Waals surface area contributed by atoms with Crippen LogP contribution in [0.1, 0.15) is 27.7 Å². The molecule has 1 aliphatic heterocycles. The minimum Gasteiger partial charge on any atom is -0.399 e. The molecule has 0 unspecified atom stereocenters. The molecule has 0 N–H and O–H groups in total. The first-order valence-electron chi connectivity index (χ1n) is 9.80. The summed E-state index contributed by atoms with van der Waals surface area (Å²) in [4.78, 5) is 0. The SMILES string of the molecule is CC1(C)OB(c2cc3sc4cccc5c6ccccc6c(c2)c3c45)OC1(C)C. The summed E-state index contributed by atoms with van der Waals surface area (Å²) < 4.78 is 15.4. The number of hydrogen-bond acceptors (Lipinski definition) is 3. The van der Waals surface area contributed by atoms with Crippen molar-refractivity contribution in [2.45, 2.75) is 38.9 Å². The maximum absolute atomic E-state index is 6.36. The molecule has 4 heteroatoms. The predicted octanol–water partition coefficient (Wildman–Crippen LogP) is 6.10. The molecule has 28 heavy (non-hydrogen) atoms. The van der Waals surface area contributed by atoms with E-state index in [2.05, 4.69) is 82.3 Å². The molecule has 1 aromatic heterocycles. The van der Waals surface area contributed by atoms with E-state index in [1.807, 2.05) is 11.3 Å². The highest BCUT2D eigenvalue weighted by Crippen LogP contribution is 2.45. The Balaban J connectivity index is 1.71. The molecule has 0 bridgehead atoms. The average Bonchev–Trinajstić information content (AvgIpc) is 3.14. The average molecular weight is 384 g/mol. The lowest BCUT2D eigenvalue weighted by Crippen LogP contribution is -2.41. The summed E-state index contributed by atoms with van der Waals surface area (Å²) in [6, 6.07) is 19.9. The summed E-state index contributed by atoms with van der Waals surface area (Å²) in [7, 11) is -0.343. The molecule has 138 valence electrons. The topological polar surface area (TPSA) is 18.5 Å². The van der Waals surface area contributed by atoms with E-state index in [-0.39, 0.29) is 18.3 Å². The standard InChI is InChI=1S/C24H21BO2S/c1-23(2)24(3,4)27-25(26-23)14-12-18-16-9-6-5-8-15(16)17-10-7-11-19-21(17)22(18)20(13-14)28-19/h5-13H,1-4H3. The van der Waals surface area contributed by atoms with Crippen LogP contribution in [-0.4, -0.2) is 18.3 Å². The Morgan fingerprint density at radius 3 is 2.00 bits per heavy atom. The molecule has 5 aromatic rings. The first-order valence-corrected chi connectivity index (χ1v) is 10.6. The van der Waals surface area contributed by atoms with Crippen LogP contribution in [0.4, 0.5) is 0 Å². The normalized spacial score (nSPS) is 18.9. The van der Waals surface area contributed by atoms with Crippen LogP contribution in [0.5, 0.6) is 0 Å². The largest absolute Gasteiger partial charge is 0.494 e. The van der Waals surface area contributed by atoms with Gasteiger partial charge < -0.3 is 9.31 Å². The van der Waals surface area contributed by atoms with E-state index in [0.717, 1.165) is 5.46 Å². The Morgan fingerprint density at radius 1 is 0.679 bits per heavy atom. The van der Waals surface area contributed by atoms with Gasteiger partial charge in [0.05, 0.1) is 11.2 Å². The number of rotatable bonds is 1. The van der Waals surface area contributed by atoms with Gasteiger partial charge in [-0.2, -0.15) is 0 Å². The molecule has 1 fully saturated rings. The Kier molecular flexibility index (Phi) is 3.16. The molecular weight excluding hydrogens is 363 g/mol. The van der Waals surface area contributed by atoms with Crippen LogP contribution >= 0.6 is 11.3 Å². The van der Waals surface area contributed by atoms with Crippen molar-refractivity contribution in [3.8, 4) is 0 Å². The summed E-state index contributed by atoms with van der Waals surface area (Å²) >= 11 is 1.86. The molecule has 0 amide bonds. The van der Waals surface area contributed by atoms with Gasteiger partial charge in [0.25, 0.3) is 0 Å². The minimum absolute atomic E-state index is 0.338. The number of fused-ring (bicyclic) bond motifs is 3. The zero-order valence-corrected chi connectivity index (χ0v) is 17.3. The molecular formula is C24H21BO2S. The van der Waals surface area contributed by atoms with Gasteiger partial charge in [0.2, 0.25) is 0 Å². The molecule has 4 aromatic carbocycles. The number of thiophene rings is 1. The van der Waals surface area contributed by atoms with E-state index in [0.29, 0.717) is 0 Å². The summed E-state index contributed by atoms with van der Waals surface area (Å²) in [5, 5.41) is 8.00. The predicted molar refractivity (Wildman–Crippen MR) is 121 cm³/mol. The zero-order valence-electron chi connectivity index (χ0n) is 16.5. The zero-order chi connectivity index (χ0) is 19.3. The van der Waals surface area contributed by atoms with Gasteiger partial charge in [-0.25, -0.2) is 0 Å². The van der Waals surface area contributed by atoms with Crippen molar-refractivity contribution >= 4 is 65.6 Å². The van der Waals surface area contributed by atoms with E-state index >= 15 is 0 Å². The molecule has 0 radical (unpaired) electrons. The summed E-state index contributed by atoms with van der Waals surface area (Å²) in [5.74, 6) is 0. The summed E-state index contributed by atoms with van der Waals surface area (Å²) in [6.45, 7) is 8.43. The van der Waals surface area contributed by atoms with Crippen molar-refractivity contribution in [3.63, 3.8) is 0 Å². The summed E-state index contributed by atoms with van der Waals surface area (Å²) in [6.07, 6.45) is 0. The Labute approximate surface area is 168 Å². The summed E-state index contributed by atoms with van der Waals surface area (Å²) in [5.41, 5.74) is 0.426. The third kappa shape index (κ3) is 2.06. The van der Waals surface area contributed by atoms with Crippen LogP contribution in [0.3, 0.4) is 0 Å². The van der Waals surface area contributed by atoms with Gasteiger partial charge in [-0.1, -0.05) is 42.5 Å². The molecule has 0 saturated carbocycles. The van der Waals surface area contributed by atoms with E-state index in [9.17, 15) is 0 Å². The monoisotopic (exact) mass is 384 g/mol. The molecule has 0 aliphatic carbocycles. The van der Waals surface area contributed by atoms with Crippen molar-refractivity contribution in [3.05, 3.63) is 54.6 Å². The lowest BCUT2D eigenvalue weighted by Gasteiger charge is -2.32. The Bertz CT molecular complexity index is 1370. The molecule has 6 rings (SSSR count). The fourth-order valence-electron chi connectivity index (χ4n) is 4.47. The molecule has 2 heterocycles. The van der Waals surface area contributed by atoms with Crippen LogP contribution in [0.15, 0.2) is 54.6 Å². The number of hydrogen-bond donors (Lipinski definition) is 0. The quantitative estimate of drug-likeness (QED) is 0.257. The van der Waals surface area contributed by atoms with E-state index in [4.69, 9.17) is 9.31 Å². The van der Waals surface area contributed by atoms with Crippen molar-refractivity contribution in [1.82, 2.24) is 0 Å². The van der Waals surface area contributed by atoms with Crippen LogP contribution in [0, 0.1) is 0 Å².